The number of sulfonamides is 1. The average molecular weight is 340 g/mol. The second-order valence-corrected chi connectivity index (χ2v) is 6.10. The Hall–Kier alpha value is -2.75. The molecule has 0 unspecified atom stereocenters. The van der Waals surface area contributed by atoms with Gasteiger partial charge in [-0.15, -0.1) is 0 Å². The van der Waals surface area contributed by atoms with Gasteiger partial charge in [-0.1, -0.05) is 35.5 Å². The summed E-state index contributed by atoms with van der Waals surface area (Å²) in [5, 5.41) is 6.60. The van der Waals surface area contributed by atoms with Gasteiger partial charge in [0.15, 0.2) is 0 Å². The molecule has 0 fully saturated rings. The molecule has 0 saturated carbocycles. The van der Waals surface area contributed by atoms with Crippen LogP contribution in [0, 0.1) is 0 Å². The Kier molecular flexibility index (Phi) is 3.82. The molecule has 1 N–H and O–H groups in total. The van der Waals surface area contributed by atoms with E-state index in [0.29, 0.717) is 15.9 Å². The lowest BCUT2D eigenvalue weighted by Crippen LogP contribution is -2.11. The van der Waals surface area contributed by atoms with Gasteiger partial charge in [0, 0.05) is 11.6 Å². The van der Waals surface area contributed by atoms with Crippen LogP contribution < -0.4 is 4.72 Å². The quantitative estimate of drug-likeness (QED) is 0.771. The van der Waals surface area contributed by atoms with E-state index in [9.17, 15) is 17.2 Å². The summed E-state index contributed by atoms with van der Waals surface area (Å²) in [6, 6.07) is 10.1. The highest BCUT2D eigenvalue weighted by Crippen LogP contribution is 2.23. The van der Waals surface area contributed by atoms with E-state index in [0.717, 1.165) is 12.4 Å². The minimum atomic E-state index is -4.09. The SMILES string of the molecule is O=S(=O)(Nc1cnn(C(F)F)c1)c1cc(-c2ccccc2)no1. The first-order chi connectivity index (χ1) is 11.0. The van der Waals surface area contributed by atoms with Gasteiger partial charge in [-0.2, -0.15) is 22.3 Å². The molecular formula is C13H10F2N4O3S. The summed E-state index contributed by atoms with van der Waals surface area (Å²) in [7, 11) is -4.09. The first-order valence-corrected chi connectivity index (χ1v) is 7.81. The van der Waals surface area contributed by atoms with Crippen LogP contribution >= 0.6 is 0 Å². The van der Waals surface area contributed by atoms with Gasteiger partial charge in [0.25, 0.3) is 15.1 Å². The maximum atomic E-state index is 12.4. The summed E-state index contributed by atoms with van der Waals surface area (Å²) in [6.07, 6.45) is 1.84. The fourth-order valence-electron chi connectivity index (χ4n) is 1.83. The number of anilines is 1. The lowest BCUT2D eigenvalue weighted by Gasteiger charge is -2.01. The molecule has 0 aliphatic rings. The maximum Gasteiger partial charge on any atom is 0.333 e. The van der Waals surface area contributed by atoms with Crippen LogP contribution in [-0.2, 0) is 10.0 Å². The van der Waals surface area contributed by atoms with Gasteiger partial charge in [0.2, 0.25) is 0 Å². The normalized spacial score (nSPS) is 11.8. The Bertz CT molecular complexity index is 906. The van der Waals surface area contributed by atoms with E-state index in [1.54, 1.807) is 24.3 Å². The van der Waals surface area contributed by atoms with Crippen LogP contribution in [0.15, 0.2) is 58.4 Å². The molecule has 0 bridgehead atoms. The zero-order chi connectivity index (χ0) is 16.4. The van der Waals surface area contributed by atoms with E-state index in [1.165, 1.54) is 6.07 Å². The molecule has 1 aromatic carbocycles. The molecule has 2 aromatic heterocycles. The van der Waals surface area contributed by atoms with Gasteiger partial charge in [0.05, 0.1) is 18.1 Å². The van der Waals surface area contributed by atoms with Crippen LogP contribution in [-0.4, -0.2) is 23.4 Å². The van der Waals surface area contributed by atoms with E-state index >= 15 is 0 Å². The summed E-state index contributed by atoms with van der Waals surface area (Å²) in [6.45, 7) is -2.86. The van der Waals surface area contributed by atoms with E-state index in [1.807, 2.05) is 6.07 Å². The Labute approximate surface area is 129 Å². The van der Waals surface area contributed by atoms with Crippen LogP contribution in [0.5, 0.6) is 0 Å². The number of nitrogens with one attached hydrogen (secondary N) is 1. The molecule has 0 atom stereocenters. The summed E-state index contributed by atoms with van der Waals surface area (Å²) in [5.41, 5.74) is 0.917. The number of alkyl halides is 2. The highest BCUT2D eigenvalue weighted by Gasteiger charge is 2.22. The van der Waals surface area contributed by atoms with E-state index in [-0.39, 0.29) is 5.69 Å². The standard InChI is InChI=1S/C13H10F2N4O3S/c14-13(15)19-8-10(7-16-19)18-23(20,21)12-6-11(17-22-12)9-4-2-1-3-5-9/h1-8,13,18H. The number of rotatable bonds is 5. The molecule has 10 heteroatoms. The molecule has 3 rings (SSSR count). The first kappa shape index (κ1) is 15.2. The molecular weight excluding hydrogens is 330 g/mol. The molecule has 0 aliphatic heterocycles. The van der Waals surface area contributed by atoms with Crippen LogP contribution in [0.1, 0.15) is 6.55 Å². The topological polar surface area (TPSA) is 90.0 Å². The smallest absolute Gasteiger partial charge is 0.333 e. The fourth-order valence-corrected chi connectivity index (χ4v) is 2.75. The van der Waals surface area contributed by atoms with Gasteiger partial charge in [-0.3, -0.25) is 4.72 Å². The zero-order valence-electron chi connectivity index (χ0n) is 11.4. The number of benzene rings is 1. The molecule has 0 aliphatic carbocycles. The fraction of sp³-hybridized carbons (Fsp3) is 0.0769. The Morgan fingerprint density at radius 2 is 1.96 bits per heavy atom. The lowest BCUT2D eigenvalue weighted by atomic mass is 10.2. The molecule has 0 radical (unpaired) electrons. The summed E-state index contributed by atoms with van der Waals surface area (Å²) < 4.78 is 56.4. The number of halogens is 2. The third-order valence-electron chi connectivity index (χ3n) is 2.88. The monoisotopic (exact) mass is 340 g/mol. The average Bonchev–Trinajstić information content (AvgIpc) is 3.17. The molecule has 7 nitrogen and oxygen atoms in total. The van der Waals surface area contributed by atoms with Crippen molar-refractivity contribution in [3.05, 3.63) is 48.8 Å². The van der Waals surface area contributed by atoms with Crippen LogP contribution in [0.25, 0.3) is 11.3 Å². The molecule has 3 aromatic rings. The third-order valence-corrected chi connectivity index (χ3v) is 4.10. The van der Waals surface area contributed by atoms with Crippen molar-refractivity contribution >= 4 is 15.7 Å². The minimum Gasteiger partial charge on any atom is -0.342 e. The van der Waals surface area contributed by atoms with Gasteiger partial charge in [-0.25, -0.2) is 4.68 Å². The van der Waals surface area contributed by atoms with Gasteiger partial charge in [0.1, 0.15) is 5.69 Å². The van der Waals surface area contributed by atoms with Crippen molar-refractivity contribution in [2.24, 2.45) is 0 Å². The first-order valence-electron chi connectivity index (χ1n) is 6.33. The van der Waals surface area contributed by atoms with Gasteiger partial charge < -0.3 is 4.52 Å². The Morgan fingerprint density at radius 1 is 1.22 bits per heavy atom. The minimum absolute atomic E-state index is 0.108. The third kappa shape index (κ3) is 3.21. The molecule has 23 heavy (non-hydrogen) atoms. The van der Waals surface area contributed by atoms with E-state index < -0.39 is 21.7 Å². The highest BCUT2D eigenvalue weighted by atomic mass is 32.2. The Balaban J connectivity index is 1.84. The molecule has 0 spiro atoms. The van der Waals surface area contributed by atoms with E-state index in [4.69, 9.17) is 4.52 Å². The Morgan fingerprint density at radius 3 is 2.61 bits per heavy atom. The van der Waals surface area contributed by atoms with Crippen molar-refractivity contribution in [2.45, 2.75) is 11.6 Å². The summed E-state index contributed by atoms with van der Waals surface area (Å²) in [4.78, 5) is 0. The predicted molar refractivity (Wildman–Crippen MR) is 76.2 cm³/mol. The van der Waals surface area contributed by atoms with Crippen molar-refractivity contribution in [1.29, 1.82) is 0 Å². The van der Waals surface area contributed by atoms with E-state index in [2.05, 4.69) is 15.0 Å². The molecule has 2 heterocycles. The molecule has 0 saturated heterocycles. The maximum absolute atomic E-state index is 12.4. The second kappa shape index (κ2) is 5.80. The van der Waals surface area contributed by atoms with Crippen LogP contribution in [0.4, 0.5) is 14.5 Å². The van der Waals surface area contributed by atoms with Gasteiger partial charge >= 0.3 is 6.55 Å². The van der Waals surface area contributed by atoms with Crippen molar-refractivity contribution < 1.29 is 21.7 Å². The summed E-state index contributed by atoms with van der Waals surface area (Å²) in [5.74, 6) is 0. The molecule has 0 amide bonds. The number of hydrogen-bond acceptors (Lipinski definition) is 5. The number of hydrogen-bond donors (Lipinski definition) is 1. The zero-order valence-corrected chi connectivity index (χ0v) is 12.2. The molecule has 120 valence electrons. The van der Waals surface area contributed by atoms with Crippen molar-refractivity contribution in [3.8, 4) is 11.3 Å². The van der Waals surface area contributed by atoms with Crippen molar-refractivity contribution in [2.75, 3.05) is 4.72 Å². The van der Waals surface area contributed by atoms with Crippen molar-refractivity contribution in [1.82, 2.24) is 14.9 Å². The summed E-state index contributed by atoms with van der Waals surface area (Å²) >= 11 is 0. The van der Waals surface area contributed by atoms with Gasteiger partial charge in [-0.05, 0) is 0 Å². The predicted octanol–water partition coefficient (Wildman–Crippen LogP) is 2.73. The lowest BCUT2D eigenvalue weighted by molar-refractivity contribution is 0.0566. The largest absolute Gasteiger partial charge is 0.342 e. The number of aromatic nitrogens is 3. The van der Waals surface area contributed by atoms with Crippen molar-refractivity contribution in [3.63, 3.8) is 0 Å². The second-order valence-electron chi connectivity index (χ2n) is 4.49. The van der Waals surface area contributed by atoms with Crippen LogP contribution in [0.3, 0.4) is 0 Å². The number of nitrogens with zero attached hydrogens (tertiary/aromatic N) is 3. The van der Waals surface area contributed by atoms with Crippen LogP contribution in [0.2, 0.25) is 0 Å². The highest BCUT2D eigenvalue weighted by molar-refractivity contribution is 7.92.